The maximum atomic E-state index is 14.4. The number of Topliss-reactive ketones (excluding diaryl/α,β-unsaturated/α-hetero) is 1. The Morgan fingerprint density at radius 2 is 1.69 bits per heavy atom. The van der Waals surface area contributed by atoms with E-state index in [2.05, 4.69) is 4.89 Å². The molecule has 1 aliphatic rings. The first-order valence-corrected chi connectivity index (χ1v) is 10.0. The molecule has 3 rings (SSSR count). The van der Waals surface area contributed by atoms with Crippen molar-refractivity contribution < 1.29 is 27.9 Å². The van der Waals surface area contributed by atoms with E-state index < -0.39 is 11.4 Å². The Balaban J connectivity index is 2.09. The van der Waals surface area contributed by atoms with E-state index in [9.17, 15) is 9.18 Å². The summed E-state index contributed by atoms with van der Waals surface area (Å²) >= 11 is 1.07. The normalized spacial score (nSPS) is 15.6. The number of benzene rings is 2. The van der Waals surface area contributed by atoms with E-state index in [1.807, 2.05) is 38.1 Å². The number of rotatable bonds is 8. The number of hydrogen-bond donors (Lipinski definition) is 0. The highest BCUT2D eigenvalue weighted by Crippen LogP contribution is 2.45. The summed E-state index contributed by atoms with van der Waals surface area (Å²) in [6.45, 7) is 3.83. The first-order valence-electron chi connectivity index (χ1n) is 9.29. The molecule has 29 heavy (non-hydrogen) atoms. The Morgan fingerprint density at radius 3 is 2.24 bits per heavy atom. The molecule has 0 saturated carbocycles. The average molecular weight is 418 g/mol. The van der Waals surface area contributed by atoms with Crippen molar-refractivity contribution in [2.75, 3.05) is 14.2 Å². The molecule has 1 heterocycles. The van der Waals surface area contributed by atoms with Gasteiger partial charge in [0.05, 0.1) is 31.8 Å². The van der Waals surface area contributed by atoms with Crippen LogP contribution in [0.4, 0.5) is 4.39 Å². The molecule has 2 aromatic carbocycles. The largest absolute Gasteiger partial charge is 0.494 e. The Bertz CT molecular complexity index is 919. The van der Waals surface area contributed by atoms with Crippen molar-refractivity contribution in [2.24, 2.45) is 0 Å². The third-order valence-electron chi connectivity index (χ3n) is 5.06. The minimum absolute atomic E-state index is 0.124. The maximum absolute atomic E-state index is 14.4. The van der Waals surface area contributed by atoms with Crippen molar-refractivity contribution in [3.05, 3.63) is 59.4 Å². The molecular formula is C22H23FO5S. The van der Waals surface area contributed by atoms with Crippen LogP contribution in [-0.4, -0.2) is 25.6 Å². The van der Waals surface area contributed by atoms with Gasteiger partial charge in [-0.3, -0.25) is 4.79 Å². The zero-order valence-electron chi connectivity index (χ0n) is 16.8. The minimum Gasteiger partial charge on any atom is -0.494 e. The highest BCUT2D eigenvalue weighted by Gasteiger charge is 2.47. The molecular weight excluding hydrogens is 395 g/mol. The molecule has 0 aliphatic carbocycles. The number of carbonyl (C=O) groups excluding carboxylic acids is 1. The van der Waals surface area contributed by atoms with Crippen LogP contribution in [0, 0.1) is 5.82 Å². The summed E-state index contributed by atoms with van der Waals surface area (Å²) in [5.74, 6) is -0.0895. The molecule has 0 fully saturated rings. The summed E-state index contributed by atoms with van der Waals surface area (Å²) in [7, 11) is 2.83. The van der Waals surface area contributed by atoms with Crippen molar-refractivity contribution in [3.63, 3.8) is 0 Å². The standard InChI is InChI=1S/C22H23FO5S/c1-5-22(6-2)21(24)19(15-9-12-18(25-3)17(23)13-15)20(27-22)14-7-10-16(11-8-14)29-28-26-4/h7-13H,5-6H2,1-4H3. The fraction of sp³-hybridized carbons (Fsp3) is 0.318. The van der Waals surface area contributed by atoms with Crippen LogP contribution in [-0.2, 0) is 18.8 Å². The van der Waals surface area contributed by atoms with Crippen LogP contribution < -0.4 is 4.74 Å². The topological polar surface area (TPSA) is 54.0 Å². The lowest BCUT2D eigenvalue weighted by atomic mass is 9.86. The van der Waals surface area contributed by atoms with E-state index in [4.69, 9.17) is 13.8 Å². The summed E-state index contributed by atoms with van der Waals surface area (Å²) < 4.78 is 30.5. The van der Waals surface area contributed by atoms with E-state index in [1.165, 1.54) is 26.4 Å². The van der Waals surface area contributed by atoms with Crippen LogP contribution in [0.15, 0.2) is 47.4 Å². The van der Waals surface area contributed by atoms with Crippen LogP contribution in [0.1, 0.15) is 37.8 Å². The maximum Gasteiger partial charge on any atom is 0.210 e. The van der Waals surface area contributed by atoms with Crippen LogP contribution in [0.3, 0.4) is 0 Å². The smallest absolute Gasteiger partial charge is 0.210 e. The van der Waals surface area contributed by atoms with Gasteiger partial charge < -0.3 is 9.47 Å². The Morgan fingerprint density at radius 1 is 1.03 bits per heavy atom. The quantitative estimate of drug-likeness (QED) is 0.323. The summed E-state index contributed by atoms with van der Waals surface area (Å²) in [6, 6.07) is 11.9. The lowest BCUT2D eigenvalue weighted by molar-refractivity contribution is -0.160. The van der Waals surface area contributed by atoms with Gasteiger partial charge in [-0.2, -0.15) is 4.33 Å². The lowest BCUT2D eigenvalue weighted by Crippen LogP contribution is -2.35. The molecule has 0 atom stereocenters. The van der Waals surface area contributed by atoms with Crippen molar-refractivity contribution in [1.82, 2.24) is 0 Å². The Hall–Kier alpha value is -2.35. The fourth-order valence-corrected chi connectivity index (χ4v) is 3.76. The van der Waals surface area contributed by atoms with E-state index >= 15 is 0 Å². The molecule has 154 valence electrons. The molecule has 0 radical (unpaired) electrons. The number of ketones is 1. The second-order valence-corrected chi connectivity index (χ2v) is 7.30. The van der Waals surface area contributed by atoms with Gasteiger partial charge >= 0.3 is 0 Å². The zero-order valence-corrected chi connectivity index (χ0v) is 17.6. The Labute approximate surface area is 173 Å². The predicted octanol–water partition coefficient (Wildman–Crippen LogP) is 5.45. The summed E-state index contributed by atoms with van der Waals surface area (Å²) in [4.78, 5) is 18.8. The second-order valence-electron chi connectivity index (χ2n) is 6.53. The van der Waals surface area contributed by atoms with Crippen LogP contribution in [0.5, 0.6) is 5.75 Å². The summed E-state index contributed by atoms with van der Waals surface area (Å²) in [6.07, 6.45) is 1.03. The van der Waals surface area contributed by atoms with Gasteiger partial charge in [0, 0.05) is 10.5 Å². The number of halogens is 1. The SMILES string of the molecule is CCC1(CC)OC(c2ccc(SOOC)cc2)=C(c2ccc(OC)c(F)c2)C1=O. The third-order valence-corrected chi connectivity index (χ3v) is 5.73. The van der Waals surface area contributed by atoms with Crippen molar-refractivity contribution in [1.29, 1.82) is 0 Å². The highest BCUT2D eigenvalue weighted by atomic mass is 32.2. The number of carbonyl (C=O) groups is 1. The molecule has 1 aliphatic heterocycles. The molecule has 0 aromatic heterocycles. The lowest BCUT2D eigenvalue weighted by Gasteiger charge is -2.25. The van der Waals surface area contributed by atoms with Gasteiger partial charge in [-0.1, -0.05) is 32.0 Å². The second kappa shape index (κ2) is 8.98. The number of methoxy groups -OCH3 is 1. The van der Waals surface area contributed by atoms with Gasteiger partial charge in [0.25, 0.3) is 0 Å². The molecule has 0 unspecified atom stereocenters. The van der Waals surface area contributed by atoms with Gasteiger partial charge in [0.15, 0.2) is 17.2 Å². The zero-order chi connectivity index (χ0) is 21.0. The molecule has 0 amide bonds. The molecule has 0 N–H and O–H groups in total. The van der Waals surface area contributed by atoms with Gasteiger partial charge in [0.1, 0.15) is 5.76 Å². The summed E-state index contributed by atoms with van der Waals surface area (Å²) in [5.41, 5.74) is 0.625. The minimum atomic E-state index is -0.951. The van der Waals surface area contributed by atoms with Crippen molar-refractivity contribution in [3.8, 4) is 5.75 Å². The van der Waals surface area contributed by atoms with E-state index in [-0.39, 0.29) is 11.5 Å². The van der Waals surface area contributed by atoms with Gasteiger partial charge in [-0.15, -0.1) is 0 Å². The summed E-state index contributed by atoms with van der Waals surface area (Å²) in [5, 5.41) is 0. The van der Waals surface area contributed by atoms with E-state index in [0.717, 1.165) is 22.5 Å². The molecule has 7 heteroatoms. The fourth-order valence-electron chi connectivity index (χ4n) is 3.36. The van der Waals surface area contributed by atoms with Crippen LogP contribution >= 0.6 is 12.0 Å². The van der Waals surface area contributed by atoms with Gasteiger partial charge in [-0.05, 0) is 42.7 Å². The molecule has 0 bridgehead atoms. The monoisotopic (exact) mass is 418 g/mol. The van der Waals surface area contributed by atoms with Crippen LogP contribution in [0.25, 0.3) is 11.3 Å². The van der Waals surface area contributed by atoms with Crippen molar-refractivity contribution in [2.45, 2.75) is 37.2 Å². The number of hydrogen-bond acceptors (Lipinski definition) is 6. The average Bonchev–Trinajstić information content (AvgIpc) is 3.05. The van der Waals surface area contributed by atoms with E-state index in [1.54, 1.807) is 6.07 Å². The molecule has 0 saturated heterocycles. The van der Waals surface area contributed by atoms with E-state index in [0.29, 0.717) is 29.7 Å². The molecule has 2 aromatic rings. The van der Waals surface area contributed by atoms with Crippen LogP contribution in [0.2, 0.25) is 0 Å². The van der Waals surface area contributed by atoms with Gasteiger partial charge in [0.2, 0.25) is 5.78 Å². The number of ether oxygens (including phenoxy) is 2. The third kappa shape index (κ3) is 4.03. The van der Waals surface area contributed by atoms with Gasteiger partial charge in [-0.25, -0.2) is 9.28 Å². The first kappa shape index (κ1) is 21.4. The molecule has 0 spiro atoms. The first-order chi connectivity index (χ1) is 14.0. The molecule has 5 nitrogen and oxygen atoms in total. The van der Waals surface area contributed by atoms with Crippen molar-refractivity contribution >= 4 is 29.2 Å². The Kier molecular flexibility index (Phi) is 6.62. The highest BCUT2D eigenvalue weighted by molar-refractivity contribution is 7.94. The predicted molar refractivity (Wildman–Crippen MR) is 110 cm³/mol.